The number of ether oxygens (including phenoxy) is 1. The second kappa shape index (κ2) is 6.88. The number of Topliss-reactive ketones (excluding diaryl/α,β-unsaturated/α-hetero) is 1. The van der Waals surface area contributed by atoms with Gasteiger partial charge in [-0.3, -0.25) is 14.6 Å². The first-order valence-corrected chi connectivity index (χ1v) is 10.6. The molecule has 1 aliphatic heterocycles. The maximum atomic E-state index is 13.9. The van der Waals surface area contributed by atoms with Crippen molar-refractivity contribution in [1.82, 2.24) is 4.98 Å². The van der Waals surface area contributed by atoms with Crippen LogP contribution in [0.4, 0.5) is 0 Å². The van der Waals surface area contributed by atoms with Crippen LogP contribution in [0, 0.1) is 5.92 Å². The van der Waals surface area contributed by atoms with E-state index in [-0.39, 0.29) is 16.5 Å². The van der Waals surface area contributed by atoms with E-state index in [0.29, 0.717) is 11.1 Å². The van der Waals surface area contributed by atoms with Gasteiger partial charge in [-0.25, -0.2) is 0 Å². The molecular weight excluding hydrogens is 486 g/mol. The smallest absolute Gasteiger partial charge is 0.311 e. The molecule has 5 rings (SSSR count). The molecule has 2 aromatic carbocycles. The molecule has 4 atom stereocenters. The van der Waals surface area contributed by atoms with Crippen molar-refractivity contribution in [2.75, 3.05) is 0 Å². The van der Waals surface area contributed by atoms with Gasteiger partial charge in [0.1, 0.15) is 17.4 Å². The molecule has 31 heavy (non-hydrogen) atoms. The lowest BCUT2D eigenvalue weighted by molar-refractivity contribution is -0.161. The van der Waals surface area contributed by atoms with Gasteiger partial charge in [0, 0.05) is 22.3 Å². The van der Waals surface area contributed by atoms with Gasteiger partial charge in [-0.2, -0.15) is 0 Å². The lowest BCUT2D eigenvalue weighted by Crippen LogP contribution is -2.51. The molecule has 6 nitrogen and oxygen atoms in total. The van der Waals surface area contributed by atoms with E-state index in [9.17, 15) is 19.8 Å². The van der Waals surface area contributed by atoms with E-state index >= 15 is 0 Å². The Morgan fingerprint density at radius 1 is 1.13 bits per heavy atom. The highest BCUT2D eigenvalue weighted by atomic mass is 79.9. The van der Waals surface area contributed by atoms with E-state index in [1.54, 1.807) is 54.6 Å². The number of carboxylic acids is 1. The standard InChI is InChI=1S/C23H15BrClNO5/c24-14-8-6-13(7-9-14)23-17(12-4-2-1-3-5-12)18(20(27)28)22(30,21(23)29)19-16(31-23)10-15(25)11-26-19/h1-11,17-18,30H,(H,27,28)/t17-,18-,22-,23?/m1/s1. The van der Waals surface area contributed by atoms with Crippen LogP contribution >= 0.6 is 27.5 Å². The Labute approximate surface area is 190 Å². The highest BCUT2D eigenvalue weighted by molar-refractivity contribution is 9.10. The quantitative estimate of drug-likeness (QED) is 0.563. The van der Waals surface area contributed by atoms with Crippen LogP contribution in [0.15, 0.2) is 71.3 Å². The summed E-state index contributed by atoms with van der Waals surface area (Å²) in [5.74, 6) is -4.54. The molecule has 2 bridgehead atoms. The molecule has 1 saturated carbocycles. The van der Waals surface area contributed by atoms with Crippen molar-refractivity contribution in [3.63, 3.8) is 0 Å². The van der Waals surface area contributed by atoms with Crippen LogP contribution < -0.4 is 4.74 Å². The van der Waals surface area contributed by atoms with Crippen LogP contribution in [-0.4, -0.2) is 26.9 Å². The number of hydrogen-bond acceptors (Lipinski definition) is 5. The zero-order chi connectivity index (χ0) is 22.0. The number of halogens is 2. The number of pyridine rings is 1. The molecule has 1 aromatic heterocycles. The summed E-state index contributed by atoms with van der Waals surface area (Å²) in [6.07, 6.45) is 1.26. The molecule has 0 amide bonds. The number of carbonyl (C=O) groups is 2. The summed E-state index contributed by atoms with van der Waals surface area (Å²) in [7, 11) is 0. The average molecular weight is 501 g/mol. The van der Waals surface area contributed by atoms with Gasteiger partial charge in [0.2, 0.25) is 11.4 Å². The fourth-order valence-corrected chi connectivity index (χ4v) is 5.25. The van der Waals surface area contributed by atoms with Gasteiger partial charge >= 0.3 is 5.97 Å². The molecule has 0 saturated heterocycles. The van der Waals surface area contributed by atoms with E-state index in [0.717, 1.165) is 4.47 Å². The lowest BCUT2D eigenvalue weighted by Gasteiger charge is -2.38. The molecule has 0 spiro atoms. The lowest BCUT2D eigenvalue weighted by atomic mass is 9.75. The minimum absolute atomic E-state index is 0.0854. The van der Waals surface area contributed by atoms with Crippen LogP contribution in [0.3, 0.4) is 0 Å². The molecule has 2 heterocycles. The summed E-state index contributed by atoms with van der Waals surface area (Å²) >= 11 is 9.49. The number of benzene rings is 2. The van der Waals surface area contributed by atoms with Gasteiger partial charge in [0.25, 0.3) is 0 Å². The van der Waals surface area contributed by atoms with Gasteiger partial charge in [0.15, 0.2) is 5.60 Å². The number of rotatable bonds is 3. The van der Waals surface area contributed by atoms with E-state index in [4.69, 9.17) is 16.3 Å². The molecule has 0 radical (unpaired) electrons. The zero-order valence-corrected chi connectivity index (χ0v) is 18.2. The van der Waals surface area contributed by atoms with Crippen LogP contribution in [0.1, 0.15) is 22.7 Å². The largest absolute Gasteiger partial charge is 0.481 e. The minimum atomic E-state index is -2.39. The van der Waals surface area contributed by atoms with Crippen molar-refractivity contribution < 1.29 is 24.5 Å². The topological polar surface area (TPSA) is 96.7 Å². The summed E-state index contributed by atoms with van der Waals surface area (Å²) in [4.78, 5) is 30.6. The van der Waals surface area contributed by atoms with Crippen LogP contribution in [0.25, 0.3) is 0 Å². The van der Waals surface area contributed by atoms with Crippen molar-refractivity contribution in [2.24, 2.45) is 5.92 Å². The number of aromatic nitrogens is 1. The summed E-state index contributed by atoms with van der Waals surface area (Å²) in [5, 5.41) is 22.2. The maximum Gasteiger partial charge on any atom is 0.311 e. The summed E-state index contributed by atoms with van der Waals surface area (Å²) in [6.45, 7) is 0. The average Bonchev–Trinajstić information content (AvgIpc) is 2.88. The first-order valence-electron chi connectivity index (χ1n) is 9.46. The maximum absolute atomic E-state index is 13.9. The SMILES string of the molecule is O=C(O)[C@H]1[C@@H](c2ccccc2)C2(c3ccc(Br)cc3)Oc3cc(Cl)cnc3[C@@]1(O)C2=O. The van der Waals surface area contributed by atoms with E-state index in [1.165, 1.54) is 12.3 Å². The molecule has 3 aromatic rings. The zero-order valence-electron chi connectivity index (χ0n) is 15.8. The second-order valence-electron chi connectivity index (χ2n) is 7.64. The first-order chi connectivity index (χ1) is 14.8. The van der Waals surface area contributed by atoms with Crippen LogP contribution in [-0.2, 0) is 20.8 Å². The highest BCUT2D eigenvalue weighted by Crippen LogP contribution is 2.64. The minimum Gasteiger partial charge on any atom is -0.481 e. The normalized spacial score (nSPS) is 28.7. The van der Waals surface area contributed by atoms with E-state index in [1.807, 2.05) is 0 Å². The van der Waals surface area contributed by atoms with Crippen molar-refractivity contribution in [3.05, 3.63) is 93.2 Å². The van der Waals surface area contributed by atoms with Gasteiger partial charge in [-0.15, -0.1) is 0 Å². The Morgan fingerprint density at radius 2 is 1.81 bits per heavy atom. The molecule has 1 aliphatic carbocycles. The number of carbonyl (C=O) groups excluding carboxylic acids is 1. The van der Waals surface area contributed by atoms with Crippen molar-refractivity contribution >= 4 is 39.3 Å². The second-order valence-corrected chi connectivity index (χ2v) is 9.00. The van der Waals surface area contributed by atoms with Gasteiger partial charge in [0.05, 0.1) is 10.9 Å². The Bertz CT molecular complexity index is 1220. The summed E-state index contributed by atoms with van der Waals surface area (Å²) in [5.41, 5.74) is -3.32. The number of fused-ring (bicyclic) bond motifs is 4. The molecule has 2 aliphatic rings. The van der Waals surface area contributed by atoms with Crippen molar-refractivity contribution in [1.29, 1.82) is 0 Å². The van der Waals surface area contributed by atoms with Crippen molar-refractivity contribution in [3.8, 4) is 5.75 Å². The van der Waals surface area contributed by atoms with Gasteiger partial charge in [-0.1, -0.05) is 70.0 Å². The number of aliphatic hydroxyl groups is 1. The fourth-order valence-electron chi connectivity index (χ4n) is 4.84. The van der Waals surface area contributed by atoms with Gasteiger partial charge in [-0.05, 0) is 17.7 Å². The third-order valence-corrected chi connectivity index (χ3v) is 6.79. The molecule has 1 fully saturated rings. The van der Waals surface area contributed by atoms with Crippen molar-refractivity contribution in [2.45, 2.75) is 17.1 Å². The Balaban J connectivity index is 1.89. The number of aliphatic carboxylic acids is 1. The third-order valence-electron chi connectivity index (χ3n) is 6.05. The Hall–Kier alpha value is -2.74. The number of carboxylic acid groups (broad SMARTS) is 1. The van der Waals surface area contributed by atoms with Gasteiger partial charge < -0.3 is 14.9 Å². The molecule has 8 heteroatoms. The van der Waals surface area contributed by atoms with Crippen LogP contribution in [0.2, 0.25) is 5.02 Å². The number of ketones is 1. The molecule has 2 N–H and O–H groups in total. The molecule has 1 unspecified atom stereocenters. The predicted molar refractivity (Wildman–Crippen MR) is 115 cm³/mol. The third kappa shape index (κ3) is 2.63. The number of hydrogen-bond donors (Lipinski definition) is 2. The van der Waals surface area contributed by atoms with E-state index < -0.39 is 34.8 Å². The highest BCUT2D eigenvalue weighted by Gasteiger charge is 2.76. The first kappa shape index (κ1) is 20.2. The van der Waals surface area contributed by atoms with Crippen LogP contribution in [0.5, 0.6) is 5.75 Å². The Kier molecular flexibility index (Phi) is 4.48. The Morgan fingerprint density at radius 3 is 2.45 bits per heavy atom. The van der Waals surface area contributed by atoms with E-state index in [2.05, 4.69) is 20.9 Å². The molecular formula is C23H15BrClNO5. The monoisotopic (exact) mass is 499 g/mol. The predicted octanol–water partition coefficient (Wildman–Crippen LogP) is 4.04. The fraction of sp³-hybridized carbons (Fsp3) is 0.174. The number of nitrogens with zero attached hydrogens (tertiary/aromatic N) is 1. The summed E-state index contributed by atoms with van der Waals surface area (Å²) < 4.78 is 7.09. The molecule has 156 valence electrons. The summed E-state index contributed by atoms with van der Waals surface area (Å²) in [6, 6.07) is 17.0.